The van der Waals surface area contributed by atoms with E-state index < -0.39 is 10.0 Å². The molecule has 27 heavy (non-hydrogen) atoms. The molecule has 146 valence electrons. The second-order valence-electron chi connectivity index (χ2n) is 5.72. The molecule has 9 heteroatoms. The molecule has 0 aliphatic rings. The van der Waals surface area contributed by atoms with E-state index in [4.69, 9.17) is 14.2 Å². The van der Waals surface area contributed by atoms with Crippen molar-refractivity contribution < 1.29 is 27.4 Å². The maximum absolute atomic E-state index is 12.5. The van der Waals surface area contributed by atoms with Crippen molar-refractivity contribution in [1.82, 2.24) is 4.90 Å². The van der Waals surface area contributed by atoms with Crippen LogP contribution in [-0.4, -0.2) is 54.1 Å². The van der Waals surface area contributed by atoms with Crippen molar-refractivity contribution in [2.45, 2.75) is 4.90 Å². The minimum absolute atomic E-state index is 0.0589. The molecule has 0 saturated heterocycles. The highest BCUT2D eigenvalue weighted by molar-refractivity contribution is 7.92. The summed E-state index contributed by atoms with van der Waals surface area (Å²) in [6, 6.07) is 10.5. The number of ether oxygens (including phenoxy) is 3. The molecule has 0 radical (unpaired) electrons. The van der Waals surface area contributed by atoms with Crippen LogP contribution >= 0.6 is 0 Å². The van der Waals surface area contributed by atoms with Crippen molar-refractivity contribution in [2.75, 3.05) is 39.6 Å². The number of sulfonamides is 1. The quantitative estimate of drug-likeness (QED) is 0.736. The average Bonchev–Trinajstić information content (AvgIpc) is 2.65. The van der Waals surface area contributed by atoms with E-state index in [0.29, 0.717) is 22.9 Å². The first-order valence-electron chi connectivity index (χ1n) is 7.94. The lowest BCUT2D eigenvalue weighted by Gasteiger charge is -2.13. The molecule has 8 nitrogen and oxygen atoms in total. The highest BCUT2D eigenvalue weighted by Gasteiger charge is 2.16. The second kappa shape index (κ2) is 8.63. The van der Waals surface area contributed by atoms with Gasteiger partial charge in [0, 0.05) is 20.2 Å². The van der Waals surface area contributed by atoms with Crippen molar-refractivity contribution in [2.24, 2.45) is 0 Å². The molecule has 2 rings (SSSR count). The zero-order valence-corrected chi connectivity index (χ0v) is 16.4. The van der Waals surface area contributed by atoms with Crippen LogP contribution in [0.3, 0.4) is 0 Å². The number of benzene rings is 2. The molecule has 0 aliphatic heterocycles. The zero-order valence-electron chi connectivity index (χ0n) is 15.6. The summed E-state index contributed by atoms with van der Waals surface area (Å²) in [7, 11) is 2.42. The Labute approximate surface area is 158 Å². The Morgan fingerprint density at radius 3 is 2.19 bits per heavy atom. The van der Waals surface area contributed by atoms with Crippen molar-refractivity contribution >= 4 is 21.6 Å². The summed E-state index contributed by atoms with van der Waals surface area (Å²) in [6.07, 6.45) is 0. The minimum atomic E-state index is -3.80. The van der Waals surface area contributed by atoms with Crippen LogP contribution in [0.2, 0.25) is 0 Å². The maximum Gasteiger partial charge on any atom is 0.261 e. The van der Waals surface area contributed by atoms with Crippen LogP contribution in [-0.2, 0) is 14.8 Å². The SMILES string of the molecule is COc1ccc(NS(=O)(=O)c2ccc(OCC(=O)N(C)C)cc2)cc1OC. The van der Waals surface area contributed by atoms with Gasteiger partial charge in [-0.15, -0.1) is 0 Å². The molecule has 2 aromatic carbocycles. The summed E-state index contributed by atoms with van der Waals surface area (Å²) in [5.74, 6) is 1.11. The number of amides is 1. The summed E-state index contributed by atoms with van der Waals surface area (Å²) in [5, 5.41) is 0. The normalized spacial score (nSPS) is 10.8. The largest absolute Gasteiger partial charge is 0.493 e. The molecule has 0 heterocycles. The lowest BCUT2D eigenvalue weighted by atomic mass is 10.3. The van der Waals surface area contributed by atoms with Crippen LogP contribution in [0.5, 0.6) is 17.2 Å². The van der Waals surface area contributed by atoms with E-state index in [0.717, 1.165) is 0 Å². The fourth-order valence-corrected chi connectivity index (χ4v) is 3.15. The van der Waals surface area contributed by atoms with Crippen molar-refractivity contribution in [3.63, 3.8) is 0 Å². The third-order valence-corrected chi connectivity index (χ3v) is 5.03. The number of methoxy groups -OCH3 is 2. The fourth-order valence-electron chi connectivity index (χ4n) is 2.10. The van der Waals surface area contributed by atoms with Gasteiger partial charge in [-0.2, -0.15) is 0 Å². The molecule has 0 atom stereocenters. The Bertz CT molecular complexity index is 895. The van der Waals surface area contributed by atoms with Crippen LogP contribution in [0.4, 0.5) is 5.69 Å². The number of rotatable bonds is 8. The van der Waals surface area contributed by atoms with E-state index in [1.165, 1.54) is 49.5 Å². The Kier molecular flexibility index (Phi) is 6.51. The Morgan fingerprint density at radius 2 is 1.63 bits per heavy atom. The van der Waals surface area contributed by atoms with Gasteiger partial charge in [-0.05, 0) is 36.4 Å². The predicted octanol–water partition coefficient (Wildman–Crippen LogP) is 1.97. The molecule has 0 spiro atoms. The summed E-state index contributed by atoms with van der Waals surface area (Å²) < 4.78 is 43.2. The molecule has 0 aromatic heterocycles. The molecular weight excluding hydrogens is 372 g/mol. The topological polar surface area (TPSA) is 94.2 Å². The molecule has 1 amide bonds. The molecule has 0 bridgehead atoms. The van der Waals surface area contributed by atoms with Gasteiger partial charge in [0.25, 0.3) is 15.9 Å². The van der Waals surface area contributed by atoms with Crippen molar-refractivity contribution in [3.8, 4) is 17.2 Å². The molecule has 0 aliphatic carbocycles. The van der Waals surface area contributed by atoms with Crippen LogP contribution in [0, 0.1) is 0 Å². The van der Waals surface area contributed by atoms with Crippen molar-refractivity contribution in [3.05, 3.63) is 42.5 Å². The minimum Gasteiger partial charge on any atom is -0.493 e. The summed E-state index contributed by atoms with van der Waals surface area (Å²) in [5.41, 5.74) is 0.338. The molecule has 0 fully saturated rings. The van der Waals surface area contributed by atoms with Gasteiger partial charge in [0.2, 0.25) is 0 Å². The zero-order chi connectivity index (χ0) is 20.0. The molecule has 0 saturated carbocycles. The number of likely N-dealkylation sites (N-methyl/N-ethyl adjacent to an activating group) is 1. The number of nitrogens with one attached hydrogen (secondary N) is 1. The van der Waals surface area contributed by atoms with Gasteiger partial charge in [0.05, 0.1) is 24.8 Å². The average molecular weight is 394 g/mol. The third-order valence-electron chi connectivity index (χ3n) is 3.63. The highest BCUT2D eigenvalue weighted by Crippen LogP contribution is 2.30. The van der Waals surface area contributed by atoms with Crippen molar-refractivity contribution in [1.29, 1.82) is 0 Å². The van der Waals surface area contributed by atoms with Gasteiger partial charge < -0.3 is 19.1 Å². The van der Waals surface area contributed by atoms with E-state index >= 15 is 0 Å². The number of anilines is 1. The van der Waals surface area contributed by atoms with Crippen LogP contribution in [0.1, 0.15) is 0 Å². The molecule has 0 unspecified atom stereocenters. The predicted molar refractivity (Wildman–Crippen MR) is 101 cm³/mol. The fraction of sp³-hybridized carbons (Fsp3) is 0.278. The highest BCUT2D eigenvalue weighted by atomic mass is 32.2. The van der Waals surface area contributed by atoms with E-state index in [1.807, 2.05) is 0 Å². The number of carbonyl (C=O) groups excluding carboxylic acids is 1. The molecule has 1 N–H and O–H groups in total. The smallest absolute Gasteiger partial charge is 0.261 e. The monoisotopic (exact) mass is 394 g/mol. The van der Waals surface area contributed by atoms with Gasteiger partial charge in [-0.1, -0.05) is 0 Å². The van der Waals surface area contributed by atoms with Crippen LogP contribution in [0.25, 0.3) is 0 Å². The maximum atomic E-state index is 12.5. The van der Waals surface area contributed by atoms with E-state index in [1.54, 1.807) is 26.2 Å². The number of hydrogen-bond acceptors (Lipinski definition) is 6. The van der Waals surface area contributed by atoms with Gasteiger partial charge >= 0.3 is 0 Å². The van der Waals surface area contributed by atoms with Gasteiger partial charge in [0.15, 0.2) is 18.1 Å². The summed E-state index contributed by atoms with van der Waals surface area (Å²) >= 11 is 0. The first kappa shape index (κ1) is 20.4. The lowest BCUT2D eigenvalue weighted by molar-refractivity contribution is -0.130. The molecular formula is C18H22N2O6S. The first-order chi connectivity index (χ1) is 12.8. The number of nitrogens with zero attached hydrogens (tertiary/aromatic N) is 1. The van der Waals surface area contributed by atoms with Gasteiger partial charge in [-0.3, -0.25) is 9.52 Å². The Balaban J connectivity index is 2.11. The Hall–Kier alpha value is -2.94. The Morgan fingerprint density at radius 1 is 1.00 bits per heavy atom. The summed E-state index contributed by atoms with van der Waals surface area (Å²) in [6.45, 7) is -0.122. The van der Waals surface area contributed by atoms with E-state index in [9.17, 15) is 13.2 Å². The van der Waals surface area contributed by atoms with E-state index in [2.05, 4.69) is 4.72 Å². The lowest BCUT2D eigenvalue weighted by Crippen LogP contribution is -2.27. The third kappa shape index (κ3) is 5.27. The number of hydrogen-bond donors (Lipinski definition) is 1. The van der Waals surface area contributed by atoms with Crippen LogP contribution in [0.15, 0.2) is 47.4 Å². The van der Waals surface area contributed by atoms with Crippen LogP contribution < -0.4 is 18.9 Å². The standard InChI is InChI=1S/C18H22N2O6S/c1-20(2)18(21)12-26-14-6-8-15(9-7-14)27(22,23)19-13-5-10-16(24-3)17(11-13)25-4/h5-11,19H,12H2,1-4H3. The van der Waals surface area contributed by atoms with E-state index in [-0.39, 0.29) is 17.4 Å². The summed E-state index contributed by atoms with van der Waals surface area (Å²) in [4.78, 5) is 13.0. The molecule has 2 aromatic rings. The second-order valence-corrected chi connectivity index (χ2v) is 7.41. The van der Waals surface area contributed by atoms with Gasteiger partial charge in [0.1, 0.15) is 5.75 Å². The first-order valence-corrected chi connectivity index (χ1v) is 9.43. The van der Waals surface area contributed by atoms with Gasteiger partial charge in [-0.25, -0.2) is 8.42 Å². The number of carbonyl (C=O) groups is 1.